The molecule has 2 unspecified atom stereocenters. The summed E-state index contributed by atoms with van der Waals surface area (Å²) in [6, 6.07) is 0. The Morgan fingerprint density at radius 3 is 2.20 bits per heavy atom. The number of carbonyl (C=O) groups is 3. The van der Waals surface area contributed by atoms with E-state index in [9.17, 15) is 19.5 Å². The van der Waals surface area contributed by atoms with Crippen LogP contribution in [0.15, 0.2) is 12.2 Å². The van der Waals surface area contributed by atoms with E-state index < -0.39 is 24.1 Å². The maximum absolute atomic E-state index is 12.0. The molecule has 174 valence electrons. The molecule has 0 rings (SSSR count). The van der Waals surface area contributed by atoms with Gasteiger partial charge in [0.25, 0.3) is 0 Å². The second-order valence-electron chi connectivity index (χ2n) is 7.57. The van der Waals surface area contributed by atoms with Gasteiger partial charge in [-0.3, -0.25) is 14.4 Å². The summed E-state index contributed by atoms with van der Waals surface area (Å²) in [5.41, 5.74) is 0. The fraction of sp³-hybridized carbons (Fsp3) is 0.783. The molecule has 30 heavy (non-hydrogen) atoms. The highest BCUT2D eigenvalue weighted by Gasteiger charge is 2.21. The molecule has 0 saturated heterocycles. The number of aliphatic carboxylic acids is 1. The number of methoxy groups -OCH3 is 1. The summed E-state index contributed by atoms with van der Waals surface area (Å²) in [4.78, 5) is 33.5. The van der Waals surface area contributed by atoms with Crippen molar-refractivity contribution < 1.29 is 34.1 Å². The van der Waals surface area contributed by atoms with Crippen LogP contribution in [0.25, 0.3) is 0 Å². The van der Waals surface area contributed by atoms with Gasteiger partial charge in [-0.2, -0.15) is 0 Å². The first-order valence-corrected chi connectivity index (χ1v) is 11.2. The maximum Gasteiger partial charge on any atom is 0.306 e. The number of aliphatic hydroxyl groups is 1. The first-order chi connectivity index (χ1) is 14.4. The highest BCUT2D eigenvalue weighted by Crippen LogP contribution is 2.15. The number of allylic oxidation sites excluding steroid dienone is 1. The van der Waals surface area contributed by atoms with Gasteiger partial charge in [0.2, 0.25) is 0 Å². The average molecular weight is 429 g/mol. The summed E-state index contributed by atoms with van der Waals surface area (Å²) in [5.74, 6) is -1.56. The van der Waals surface area contributed by atoms with Crippen molar-refractivity contribution in [3.63, 3.8) is 0 Å². The van der Waals surface area contributed by atoms with Crippen LogP contribution < -0.4 is 0 Å². The lowest BCUT2D eigenvalue weighted by Gasteiger charge is -2.21. The van der Waals surface area contributed by atoms with Crippen LogP contribution in [0, 0.1) is 0 Å². The molecule has 2 atom stereocenters. The normalized spacial score (nSPS) is 13.2. The molecule has 0 aliphatic heterocycles. The molecule has 0 aromatic heterocycles. The number of carbonyl (C=O) groups excluding carboxylic acids is 2. The van der Waals surface area contributed by atoms with Gasteiger partial charge in [0.1, 0.15) is 12.2 Å². The van der Waals surface area contributed by atoms with Crippen molar-refractivity contribution in [2.45, 2.75) is 109 Å². The third kappa shape index (κ3) is 17.0. The van der Waals surface area contributed by atoms with Crippen LogP contribution in [0.4, 0.5) is 0 Å². The predicted molar refractivity (Wildman–Crippen MR) is 115 cm³/mol. The lowest BCUT2D eigenvalue weighted by Crippen LogP contribution is -2.30. The van der Waals surface area contributed by atoms with Crippen molar-refractivity contribution in [2.75, 3.05) is 7.11 Å². The molecule has 0 saturated carbocycles. The van der Waals surface area contributed by atoms with Gasteiger partial charge in [-0.05, 0) is 38.5 Å². The van der Waals surface area contributed by atoms with Crippen molar-refractivity contribution in [2.24, 2.45) is 0 Å². The van der Waals surface area contributed by atoms with E-state index in [1.807, 2.05) is 6.08 Å². The van der Waals surface area contributed by atoms with Crippen molar-refractivity contribution in [3.8, 4) is 0 Å². The standard InChI is InChI=1S/C23H40O7/c1-3-4-10-15-20(30-23(28)18-13-16-21(25)26)19(24)14-11-8-6-5-7-9-12-17-22(27)29-2/h11,14,19-20,24H,3-10,12-13,15-18H2,1-2H3,(H,25,26). The zero-order valence-electron chi connectivity index (χ0n) is 18.6. The second kappa shape index (κ2) is 19.1. The molecule has 0 spiro atoms. The molecule has 0 aliphatic rings. The number of carboxylic acids is 1. The minimum Gasteiger partial charge on any atom is -0.481 e. The first-order valence-electron chi connectivity index (χ1n) is 11.2. The van der Waals surface area contributed by atoms with Crippen LogP contribution in [-0.2, 0) is 23.9 Å². The van der Waals surface area contributed by atoms with E-state index in [0.717, 1.165) is 57.8 Å². The number of carboxylic acid groups (broad SMARTS) is 1. The fourth-order valence-electron chi connectivity index (χ4n) is 3.03. The van der Waals surface area contributed by atoms with Crippen molar-refractivity contribution in [1.82, 2.24) is 0 Å². The summed E-state index contributed by atoms with van der Waals surface area (Å²) in [6.07, 6.45) is 12.1. The molecular formula is C23H40O7. The summed E-state index contributed by atoms with van der Waals surface area (Å²) in [5, 5.41) is 19.1. The SMILES string of the molecule is CCCCCC(OC(=O)CCCC(=O)O)C(O)C=CCCCCCCCC(=O)OC. The van der Waals surface area contributed by atoms with Gasteiger partial charge < -0.3 is 19.7 Å². The molecule has 0 aliphatic carbocycles. The molecule has 0 aromatic rings. The third-order valence-electron chi connectivity index (χ3n) is 4.84. The highest BCUT2D eigenvalue weighted by molar-refractivity contribution is 5.71. The van der Waals surface area contributed by atoms with E-state index in [1.54, 1.807) is 6.08 Å². The zero-order chi connectivity index (χ0) is 22.6. The Bertz CT molecular complexity index is 502. The van der Waals surface area contributed by atoms with Crippen molar-refractivity contribution >= 4 is 17.9 Å². The quantitative estimate of drug-likeness (QED) is 0.176. The summed E-state index contributed by atoms with van der Waals surface area (Å²) in [7, 11) is 1.40. The van der Waals surface area contributed by atoms with Gasteiger partial charge >= 0.3 is 17.9 Å². The Balaban J connectivity index is 4.19. The smallest absolute Gasteiger partial charge is 0.306 e. The molecule has 0 fully saturated rings. The van der Waals surface area contributed by atoms with E-state index in [1.165, 1.54) is 7.11 Å². The Morgan fingerprint density at radius 1 is 0.867 bits per heavy atom. The lowest BCUT2D eigenvalue weighted by atomic mass is 10.0. The number of ether oxygens (including phenoxy) is 2. The zero-order valence-corrected chi connectivity index (χ0v) is 18.6. The monoisotopic (exact) mass is 428 g/mol. The molecular weight excluding hydrogens is 388 g/mol. The molecule has 0 radical (unpaired) electrons. The molecule has 7 nitrogen and oxygen atoms in total. The molecule has 7 heteroatoms. The minimum absolute atomic E-state index is 0.0446. The number of aliphatic hydroxyl groups excluding tert-OH is 1. The minimum atomic E-state index is -0.936. The number of hydrogen-bond donors (Lipinski definition) is 2. The number of esters is 2. The maximum atomic E-state index is 12.0. The van der Waals surface area contributed by atoms with E-state index in [2.05, 4.69) is 11.7 Å². The van der Waals surface area contributed by atoms with Crippen molar-refractivity contribution in [1.29, 1.82) is 0 Å². The number of hydrogen-bond acceptors (Lipinski definition) is 6. The van der Waals surface area contributed by atoms with Gasteiger partial charge in [0.05, 0.1) is 7.11 Å². The van der Waals surface area contributed by atoms with E-state index in [-0.39, 0.29) is 25.2 Å². The lowest BCUT2D eigenvalue weighted by molar-refractivity contribution is -0.154. The van der Waals surface area contributed by atoms with Crippen LogP contribution >= 0.6 is 0 Å². The van der Waals surface area contributed by atoms with Gasteiger partial charge in [-0.25, -0.2) is 0 Å². The Hall–Kier alpha value is -1.89. The number of unbranched alkanes of at least 4 members (excludes halogenated alkanes) is 7. The van der Waals surface area contributed by atoms with Gasteiger partial charge in [0, 0.05) is 19.3 Å². The summed E-state index contributed by atoms with van der Waals surface area (Å²) in [6.45, 7) is 2.08. The van der Waals surface area contributed by atoms with Crippen LogP contribution in [-0.4, -0.2) is 47.4 Å². The van der Waals surface area contributed by atoms with E-state index in [0.29, 0.717) is 12.8 Å². The summed E-state index contributed by atoms with van der Waals surface area (Å²) >= 11 is 0. The molecule has 2 N–H and O–H groups in total. The van der Waals surface area contributed by atoms with Crippen LogP contribution in [0.2, 0.25) is 0 Å². The van der Waals surface area contributed by atoms with Crippen LogP contribution in [0.3, 0.4) is 0 Å². The topological polar surface area (TPSA) is 110 Å². The molecule has 0 bridgehead atoms. The molecule has 0 aromatic carbocycles. The van der Waals surface area contributed by atoms with Gasteiger partial charge in [-0.15, -0.1) is 0 Å². The summed E-state index contributed by atoms with van der Waals surface area (Å²) < 4.78 is 10.0. The Labute approximate surface area is 180 Å². The second-order valence-corrected chi connectivity index (χ2v) is 7.57. The molecule has 0 heterocycles. The van der Waals surface area contributed by atoms with Gasteiger partial charge in [0.15, 0.2) is 0 Å². The molecule has 0 amide bonds. The fourth-order valence-corrected chi connectivity index (χ4v) is 3.03. The highest BCUT2D eigenvalue weighted by atomic mass is 16.6. The average Bonchev–Trinajstić information content (AvgIpc) is 2.71. The Morgan fingerprint density at radius 2 is 1.53 bits per heavy atom. The van der Waals surface area contributed by atoms with E-state index >= 15 is 0 Å². The van der Waals surface area contributed by atoms with Crippen LogP contribution in [0.5, 0.6) is 0 Å². The largest absolute Gasteiger partial charge is 0.481 e. The third-order valence-corrected chi connectivity index (χ3v) is 4.84. The number of rotatable bonds is 19. The van der Waals surface area contributed by atoms with Crippen molar-refractivity contribution in [3.05, 3.63) is 12.2 Å². The predicted octanol–water partition coefficient (Wildman–Crippen LogP) is 4.55. The first kappa shape index (κ1) is 28.1. The van der Waals surface area contributed by atoms with Gasteiger partial charge in [-0.1, -0.05) is 51.2 Å². The Kier molecular flexibility index (Phi) is 17.9. The van der Waals surface area contributed by atoms with Crippen LogP contribution in [0.1, 0.15) is 96.8 Å². The van der Waals surface area contributed by atoms with E-state index in [4.69, 9.17) is 9.84 Å².